The molecule has 1 aromatic rings. The fourth-order valence-corrected chi connectivity index (χ4v) is 2.64. The number of hydrogen-bond acceptors (Lipinski definition) is 3. The summed E-state index contributed by atoms with van der Waals surface area (Å²) in [6, 6.07) is 2.32. The Balaban J connectivity index is 1.84. The number of rotatable bonds is 5. The van der Waals surface area contributed by atoms with Crippen LogP contribution in [0.3, 0.4) is 0 Å². The molecule has 0 spiro atoms. The smallest absolute Gasteiger partial charge is 0.237 e. The molecule has 17 heavy (non-hydrogen) atoms. The molecular formula is C12H17ClN2OS. The van der Waals surface area contributed by atoms with E-state index in [1.54, 1.807) is 0 Å². The van der Waals surface area contributed by atoms with Gasteiger partial charge < -0.3 is 5.32 Å². The van der Waals surface area contributed by atoms with Crippen molar-refractivity contribution in [2.24, 2.45) is 0 Å². The van der Waals surface area contributed by atoms with Crippen molar-refractivity contribution >= 4 is 28.8 Å². The van der Waals surface area contributed by atoms with Gasteiger partial charge in [-0.15, -0.1) is 11.3 Å². The van der Waals surface area contributed by atoms with Crippen LogP contribution in [0.4, 0.5) is 0 Å². The number of halogens is 1. The van der Waals surface area contributed by atoms with Crippen LogP contribution in [0, 0.1) is 0 Å². The quantitative estimate of drug-likeness (QED) is 0.865. The highest BCUT2D eigenvalue weighted by molar-refractivity contribution is 7.14. The zero-order chi connectivity index (χ0) is 12.4. The largest absolute Gasteiger partial charge is 0.352 e. The topological polar surface area (TPSA) is 41.1 Å². The Labute approximate surface area is 111 Å². The number of hydrogen-bond donors (Lipinski definition) is 2. The molecule has 3 nitrogen and oxygen atoms in total. The van der Waals surface area contributed by atoms with Crippen LogP contribution < -0.4 is 10.6 Å². The minimum atomic E-state index is -0.177. The number of carbonyl (C=O) groups excluding carboxylic acids is 1. The van der Waals surface area contributed by atoms with E-state index in [-0.39, 0.29) is 18.0 Å². The third kappa shape index (κ3) is 3.69. The van der Waals surface area contributed by atoms with Crippen molar-refractivity contribution in [3.8, 4) is 0 Å². The predicted molar refractivity (Wildman–Crippen MR) is 71.5 cm³/mol. The summed E-state index contributed by atoms with van der Waals surface area (Å²) in [7, 11) is 0. The van der Waals surface area contributed by atoms with Gasteiger partial charge in [0.25, 0.3) is 0 Å². The molecule has 0 aromatic carbocycles. The van der Waals surface area contributed by atoms with Crippen molar-refractivity contribution in [3.63, 3.8) is 0 Å². The Hall–Kier alpha value is -0.580. The van der Waals surface area contributed by atoms with Gasteiger partial charge in [-0.2, -0.15) is 0 Å². The normalized spacial score (nSPS) is 18.8. The van der Waals surface area contributed by atoms with Crippen molar-refractivity contribution in [2.45, 2.75) is 44.8 Å². The Kier molecular flexibility index (Phi) is 4.07. The molecule has 1 fully saturated rings. The molecule has 1 amide bonds. The van der Waals surface area contributed by atoms with E-state index in [2.05, 4.69) is 10.6 Å². The van der Waals surface area contributed by atoms with Crippen LogP contribution in [0.25, 0.3) is 0 Å². The molecule has 2 N–H and O–H groups in total. The van der Waals surface area contributed by atoms with E-state index in [0.29, 0.717) is 6.04 Å². The van der Waals surface area contributed by atoms with Gasteiger partial charge in [0, 0.05) is 12.1 Å². The molecule has 0 radical (unpaired) electrons. The third-order valence-electron chi connectivity index (χ3n) is 2.90. The number of amides is 1. The highest BCUT2D eigenvalue weighted by Crippen LogP contribution is 2.25. The highest BCUT2D eigenvalue weighted by atomic mass is 35.5. The first kappa shape index (κ1) is 12.9. The molecule has 0 saturated heterocycles. The van der Waals surface area contributed by atoms with Crippen LogP contribution in [-0.2, 0) is 4.79 Å². The molecule has 2 atom stereocenters. The lowest BCUT2D eigenvalue weighted by molar-refractivity contribution is -0.123. The lowest BCUT2D eigenvalue weighted by Gasteiger charge is -2.18. The molecule has 1 aliphatic carbocycles. The number of nitrogens with one attached hydrogen (secondary N) is 2. The van der Waals surface area contributed by atoms with Crippen LogP contribution in [0.15, 0.2) is 11.4 Å². The summed E-state index contributed by atoms with van der Waals surface area (Å²) in [4.78, 5) is 11.8. The molecule has 1 aromatic heterocycles. The van der Waals surface area contributed by atoms with E-state index >= 15 is 0 Å². The second kappa shape index (κ2) is 5.38. The van der Waals surface area contributed by atoms with Gasteiger partial charge in [-0.25, -0.2) is 0 Å². The Bertz CT molecular complexity index is 403. The zero-order valence-electron chi connectivity index (χ0n) is 10.00. The van der Waals surface area contributed by atoms with Crippen LogP contribution in [0.5, 0.6) is 0 Å². The number of carbonyl (C=O) groups is 1. The van der Waals surface area contributed by atoms with Crippen molar-refractivity contribution in [2.75, 3.05) is 0 Å². The third-order valence-corrected chi connectivity index (χ3v) is 4.01. The molecule has 0 bridgehead atoms. The molecule has 2 unspecified atom stereocenters. The van der Waals surface area contributed by atoms with Gasteiger partial charge in [-0.1, -0.05) is 11.6 Å². The van der Waals surface area contributed by atoms with E-state index in [9.17, 15) is 4.79 Å². The highest BCUT2D eigenvalue weighted by Gasteiger charge is 2.26. The molecule has 94 valence electrons. The SMILES string of the molecule is CC(NC(C)c1csc(Cl)c1)C(=O)NC1CC1. The summed E-state index contributed by atoms with van der Waals surface area (Å²) in [6.07, 6.45) is 2.24. The molecule has 1 saturated carbocycles. The molecule has 1 heterocycles. The summed E-state index contributed by atoms with van der Waals surface area (Å²) >= 11 is 7.41. The zero-order valence-corrected chi connectivity index (χ0v) is 11.6. The van der Waals surface area contributed by atoms with Gasteiger partial charge in [-0.3, -0.25) is 10.1 Å². The minimum Gasteiger partial charge on any atom is -0.352 e. The maximum atomic E-state index is 11.8. The lowest BCUT2D eigenvalue weighted by atomic mass is 10.1. The van der Waals surface area contributed by atoms with E-state index in [0.717, 1.165) is 22.7 Å². The summed E-state index contributed by atoms with van der Waals surface area (Å²) in [6.45, 7) is 3.93. The average Bonchev–Trinajstić information content (AvgIpc) is 2.97. The van der Waals surface area contributed by atoms with Crippen molar-refractivity contribution in [1.29, 1.82) is 0 Å². The van der Waals surface area contributed by atoms with Gasteiger partial charge in [-0.05, 0) is 43.7 Å². The summed E-state index contributed by atoms with van der Waals surface area (Å²) in [5.74, 6) is 0.0840. The fourth-order valence-electron chi connectivity index (χ4n) is 1.65. The van der Waals surface area contributed by atoms with E-state index in [4.69, 9.17) is 11.6 Å². The lowest BCUT2D eigenvalue weighted by Crippen LogP contribution is -2.43. The van der Waals surface area contributed by atoms with E-state index < -0.39 is 0 Å². The molecule has 5 heteroatoms. The maximum absolute atomic E-state index is 11.8. The molecular weight excluding hydrogens is 256 g/mol. The Morgan fingerprint density at radius 1 is 1.53 bits per heavy atom. The second-order valence-corrected chi connectivity index (χ2v) is 6.12. The monoisotopic (exact) mass is 272 g/mol. The van der Waals surface area contributed by atoms with Gasteiger partial charge in [0.05, 0.1) is 10.4 Å². The predicted octanol–water partition coefficient (Wildman–Crippen LogP) is 2.72. The molecule has 1 aliphatic rings. The first-order valence-corrected chi connectivity index (χ1v) is 7.12. The van der Waals surface area contributed by atoms with Gasteiger partial charge >= 0.3 is 0 Å². The minimum absolute atomic E-state index is 0.0840. The second-order valence-electron chi connectivity index (χ2n) is 4.58. The first-order valence-electron chi connectivity index (χ1n) is 5.86. The summed E-state index contributed by atoms with van der Waals surface area (Å²) in [5, 5.41) is 8.29. The van der Waals surface area contributed by atoms with Crippen LogP contribution in [0.2, 0.25) is 4.34 Å². The maximum Gasteiger partial charge on any atom is 0.237 e. The van der Waals surface area contributed by atoms with Crippen molar-refractivity contribution in [3.05, 3.63) is 21.3 Å². The van der Waals surface area contributed by atoms with Crippen molar-refractivity contribution in [1.82, 2.24) is 10.6 Å². The first-order chi connectivity index (χ1) is 8.06. The van der Waals surface area contributed by atoms with Gasteiger partial charge in [0.15, 0.2) is 0 Å². The van der Waals surface area contributed by atoms with E-state index in [1.165, 1.54) is 11.3 Å². The van der Waals surface area contributed by atoms with Crippen LogP contribution >= 0.6 is 22.9 Å². The van der Waals surface area contributed by atoms with Gasteiger partial charge in [0.2, 0.25) is 5.91 Å². The van der Waals surface area contributed by atoms with Crippen LogP contribution in [-0.4, -0.2) is 18.0 Å². The average molecular weight is 273 g/mol. The van der Waals surface area contributed by atoms with Crippen molar-refractivity contribution < 1.29 is 4.79 Å². The Morgan fingerprint density at radius 3 is 2.76 bits per heavy atom. The fraction of sp³-hybridized carbons (Fsp3) is 0.583. The summed E-state index contributed by atoms with van der Waals surface area (Å²) in [5.41, 5.74) is 1.13. The van der Waals surface area contributed by atoms with E-state index in [1.807, 2.05) is 25.3 Å². The summed E-state index contributed by atoms with van der Waals surface area (Å²) < 4.78 is 0.781. The molecule has 0 aliphatic heterocycles. The van der Waals surface area contributed by atoms with Gasteiger partial charge in [0.1, 0.15) is 0 Å². The number of thiophene rings is 1. The Morgan fingerprint density at radius 2 is 2.24 bits per heavy atom. The van der Waals surface area contributed by atoms with Crippen LogP contribution in [0.1, 0.15) is 38.3 Å². The molecule has 2 rings (SSSR count). The standard InChI is InChI=1S/C12H17ClN2OS/c1-7(9-5-11(13)17-6-9)14-8(2)12(16)15-10-3-4-10/h5-8,10,14H,3-4H2,1-2H3,(H,15,16).